The van der Waals surface area contributed by atoms with E-state index in [-0.39, 0.29) is 35.7 Å². The summed E-state index contributed by atoms with van der Waals surface area (Å²) < 4.78 is 6.43. The number of carbonyl (C=O) groups excluding carboxylic acids is 2. The largest absolute Gasteiger partial charge is 0.507 e. The van der Waals surface area contributed by atoms with Crippen molar-refractivity contribution in [1.29, 1.82) is 0 Å². The SMILES string of the molecule is CCC/C(=C\c1ccc(O)c2ccccc12)CC[C@H]1OC[C@H]2C1=C(C)C[C@H]1C(=O)N(c3ccc(Nc4ccccc4)cc3)C(=O)[C@H]12. The molecule has 46 heavy (non-hydrogen) atoms. The summed E-state index contributed by atoms with van der Waals surface area (Å²) in [6, 6.07) is 29.2. The van der Waals surface area contributed by atoms with Crippen molar-refractivity contribution >= 4 is 45.7 Å². The molecule has 6 heteroatoms. The van der Waals surface area contributed by atoms with Gasteiger partial charge in [0.05, 0.1) is 30.2 Å². The fraction of sp³-hybridized carbons (Fsp3) is 0.300. The molecule has 3 aliphatic rings. The maximum absolute atomic E-state index is 14.0. The molecule has 0 radical (unpaired) electrons. The number of para-hydroxylation sites is 1. The lowest BCUT2D eigenvalue weighted by atomic mass is 9.70. The van der Waals surface area contributed by atoms with Crippen LogP contribution in [0.2, 0.25) is 0 Å². The number of imide groups is 1. The van der Waals surface area contributed by atoms with Gasteiger partial charge in [0, 0.05) is 22.7 Å². The van der Waals surface area contributed by atoms with Crippen molar-refractivity contribution in [3.63, 3.8) is 0 Å². The lowest BCUT2D eigenvalue weighted by molar-refractivity contribution is -0.122. The lowest BCUT2D eigenvalue weighted by Crippen LogP contribution is -2.34. The Balaban J connectivity index is 1.07. The summed E-state index contributed by atoms with van der Waals surface area (Å²) >= 11 is 0. The zero-order chi connectivity index (χ0) is 31.8. The molecule has 4 aromatic rings. The third-order valence-corrected chi connectivity index (χ3v) is 9.93. The molecule has 1 aliphatic carbocycles. The first-order valence-electron chi connectivity index (χ1n) is 16.4. The molecule has 2 amide bonds. The van der Waals surface area contributed by atoms with E-state index in [1.807, 2.05) is 78.9 Å². The van der Waals surface area contributed by atoms with Crippen molar-refractivity contribution in [2.75, 3.05) is 16.8 Å². The van der Waals surface area contributed by atoms with Gasteiger partial charge in [-0.2, -0.15) is 0 Å². The van der Waals surface area contributed by atoms with E-state index in [2.05, 4.69) is 31.3 Å². The second-order valence-corrected chi connectivity index (χ2v) is 12.9. The molecule has 2 heterocycles. The minimum Gasteiger partial charge on any atom is -0.507 e. The number of benzene rings is 4. The van der Waals surface area contributed by atoms with Crippen LogP contribution in [0.3, 0.4) is 0 Å². The number of hydrogen-bond acceptors (Lipinski definition) is 5. The number of hydrogen-bond donors (Lipinski definition) is 2. The van der Waals surface area contributed by atoms with E-state index in [1.54, 1.807) is 6.07 Å². The maximum atomic E-state index is 14.0. The van der Waals surface area contributed by atoms with Crippen LogP contribution in [0, 0.1) is 17.8 Å². The molecule has 0 saturated carbocycles. The van der Waals surface area contributed by atoms with Gasteiger partial charge in [0.1, 0.15) is 5.75 Å². The van der Waals surface area contributed by atoms with E-state index >= 15 is 0 Å². The van der Waals surface area contributed by atoms with Gasteiger partial charge in [-0.15, -0.1) is 0 Å². The van der Waals surface area contributed by atoms with Gasteiger partial charge < -0.3 is 15.2 Å². The summed E-state index contributed by atoms with van der Waals surface area (Å²) in [5.41, 5.74) is 7.38. The number of fused-ring (bicyclic) bond motifs is 4. The number of ether oxygens (including phenoxy) is 1. The molecule has 234 valence electrons. The van der Waals surface area contributed by atoms with Crippen LogP contribution in [-0.2, 0) is 14.3 Å². The number of carbonyl (C=O) groups is 2. The van der Waals surface area contributed by atoms with E-state index in [0.29, 0.717) is 24.5 Å². The minimum atomic E-state index is -0.382. The molecule has 6 nitrogen and oxygen atoms in total. The molecule has 2 N–H and O–H groups in total. The van der Waals surface area contributed by atoms with Crippen molar-refractivity contribution in [1.82, 2.24) is 0 Å². The van der Waals surface area contributed by atoms with Crippen LogP contribution in [0.4, 0.5) is 17.1 Å². The molecular weight excluding hydrogens is 572 g/mol. The van der Waals surface area contributed by atoms with Crippen molar-refractivity contribution in [2.45, 2.75) is 52.1 Å². The summed E-state index contributed by atoms with van der Waals surface area (Å²) in [4.78, 5) is 29.1. The Bertz CT molecular complexity index is 1840. The standard InChI is InChI=1S/C40H40N2O4/c1-3-9-26(23-27-15-20-35(43)32-13-8-7-12-31(27)32)14-21-36-37-25(2)22-33-38(34(37)24-46-36)40(45)42(39(33)44)30-18-16-29(17-19-30)41-28-10-5-4-6-11-28/h4-8,10-13,15-20,23,33-34,36,38,41,43H,3,9,14,21-22,24H2,1-2H3/b26-23+/t33-,34+,36-,38-/m1/s1. The first-order valence-corrected chi connectivity index (χ1v) is 16.4. The number of amides is 2. The van der Waals surface area contributed by atoms with Gasteiger partial charge in [-0.05, 0) is 91.6 Å². The van der Waals surface area contributed by atoms with Gasteiger partial charge in [0.15, 0.2) is 0 Å². The second-order valence-electron chi connectivity index (χ2n) is 12.9. The summed E-state index contributed by atoms with van der Waals surface area (Å²) in [7, 11) is 0. The highest BCUT2D eigenvalue weighted by molar-refractivity contribution is 6.22. The Morgan fingerprint density at radius 1 is 0.870 bits per heavy atom. The monoisotopic (exact) mass is 612 g/mol. The van der Waals surface area contributed by atoms with E-state index in [0.717, 1.165) is 53.4 Å². The average Bonchev–Trinajstić information content (AvgIpc) is 3.60. The highest BCUT2D eigenvalue weighted by Gasteiger charge is 2.56. The topological polar surface area (TPSA) is 78.9 Å². The molecule has 0 aromatic heterocycles. The normalized spacial score (nSPS) is 22.8. The lowest BCUT2D eigenvalue weighted by Gasteiger charge is -2.30. The van der Waals surface area contributed by atoms with Gasteiger partial charge in [-0.3, -0.25) is 14.5 Å². The zero-order valence-corrected chi connectivity index (χ0v) is 26.4. The van der Waals surface area contributed by atoms with Crippen molar-refractivity contribution in [2.24, 2.45) is 17.8 Å². The molecule has 4 atom stereocenters. The molecule has 2 saturated heterocycles. The van der Waals surface area contributed by atoms with Crippen molar-refractivity contribution in [3.8, 4) is 5.75 Å². The predicted octanol–water partition coefficient (Wildman–Crippen LogP) is 8.79. The van der Waals surface area contributed by atoms with Gasteiger partial charge in [0.25, 0.3) is 0 Å². The maximum Gasteiger partial charge on any atom is 0.238 e. The van der Waals surface area contributed by atoms with Gasteiger partial charge >= 0.3 is 0 Å². The van der Waals surface area contributed by atoms with E-state index < -0.39 is 0 Å². The summed E-state index contributed by atoms with van der Waals surface area (Å²) in [6.07, 6.45) is 6.56. The Labute approximate surface area is 270 Å². The quantitative estimate of drug-likeness (QED) is 0.146. The average molecular weight is 613 g/mol. The number of aromatic hydroxyl groups is 1. The van der Waals surface area contributed by atoms with E-state index in [1.165, 1.54) is 21.6 Å². The number of rotatable bonds is 9. The van der Waals surface area contributed by atoms with E-state index in [4.69, 9.17) is 4.74 Å². The Morgan fingerprint density at radius 3 is 2.35 bits per heavy atom. The number of nitrogens with zero attached hydrogens (tertiary/aromatic N) is 1. The second kappa shape index (κ2) is 12.6. The zero-order valence-electron chi connectivity index (χ0n) is 26.4. The molecule has 0 unspecified atom stereocenters. The van der Waals surface area contributed by atoms with Crippen LogP contribution >= 0.6 is 0 Å². The third-order valence-electron chi connectivity index (χ3n) is 9.93. The number of anilines is 3. The Kier molecular flexibility index (Phi) is 8.22. The van der Waals surface area contributed by atoms with E-state index in [9.17, 15) is 14.7 Å². The molecule has 0 spiro atoms. The molecule has 4 aromatic carbocycles. The van der Waals surface area contributed by atoms with Crippen LogP contribution in [0.1, 0.15) is 51.5 Å². The Hall–Kier alpha value is -4.68. The van der Waals surface area contributed by atoms with Gasteiger partial charge in [-0.1, -0.05) is 79.1 Å². The smallest absolute Gasteiger partial charge is 0.238 e. The van der Waals surface area contributed by atoms with Gasteiger partial charge in [-0.25, -0.2) is 0 Å². The highest BCUT2D eigenvalue weighted by atomic mass is 16.5. The Morgan fingerprint density at radius 2 is 1.59 bits per heavy atom. The first-order chi connectivity index (χ1) is 22.4. The number of phenols is 1. The number of nitrogens with one attached hydrogen (secondary N) is 1. The summed E-state index contributed by atoms with van der Waals surface area (Å²) in [5.74, 6) is -0.706. The molecular formula is C40H40N2O4. The van der Waals surface area contributed by atoms with Crippen LogP contribution in [0.25, 0.3) is 16.8 Å². The fourth-order valence-corrected chi connectivity index (χ4v) is 7.82. The van der Waals surface area contributed by atoms with Gasteiger partial charge in [0.2, 0.25) is 11.8 Å². The number of allylic oxidation sites excluding steroid dienone is 2. The molecule has 2 fully saturated rings. The minimum absolute atomic E-state index is 0.0527. The third kappa shape index (κ3) is 5.51. The molecule has 2 aliphatic heterocycles. The van der Waals surface area contributed by atoms with Crippen LogP contribution < -0.4 is 10.2 Å². The van der Waals surface area contributed by atoms with Crippen LogP contribution in [-0.4, -0.2) is 29.6 Å². The first kappa shape index (κ1) is 30.0. The van der Waals surface area contributed by atoms with Crippen LogP contribution in [0.5, 0.6) is 5.75 Å². The number of phenolic OH excluding ortho intramolecular Hbond substituents is 1. The predicted molar refractivity (Wildman–Crippen MR) is 184 cm³/mol. The molecule has 7 rings (SSSR count). The van der Waals surface area contributed by atoms with Crippen LogP contribution in [0.15, 0.2) is 108 Å². The fourth-order valence-electron chi connectivity index (χ4n) is 7.82. The van der Waals surface area contributed by atoms with Crippen molar-refractivity contribution < 1.29 is 19.4 Å². The summed E-state index contributed by atoms with van der Waals surface area (Å²) in [6.45, 7) is 4.79. The highest BCUT2D eigenvalue weighted by Crippen LogP contribution is 2.50. The molecule has 0 bridgehead atoms. The van der Waals surface area contributed by atoms with Crippen molar-refractivity contribution in [3.05, 3.63) is 113 Å². The summed E-state index contributed by atoms with van der Waals surface area (Å²) in [5, 5.41) is 15.6.